The maximum absolute atomic E-state index is 14.3. The molecule has 0 radical (unpaired) electrons. The number of carbonyl (C=O) groups is 3. The van der Waals surface area contributed by atoms with E-state index in [1.807, 2.05) is 0 Å². The second kappa shape index (κ2) is 11.5. The van der Waals surface area contributed by atoms with E-state index in [4.69, 9.17) is 9.15 Å². The SMILES string of the molecule is COc1cccc([C@@H](C(=O)NC2CCCC2)N(C(=O)CNC(=O)c2ccco2)c2cccc(F)c2)c1. The Balaban J connectivity index is 1.70. The number of nitrogens with one attached hydrogen (secondary N) is 2. The Labute approximate surface area is 208 Å². The molecule has 3 amide bonds. The van der Waals surface area contributed by atoms with E-state index in [1.165, 1.54) is 42.5 Å². The Bertz CT molecular complexity index is 1210. The lowest BCUT2D eigenvalue weighted by molar-refractivity contribution is -0.126. The smallest absolute Gasteiger partial charge is 0.287 e. The molecule has 8 nitrogen and oxygen atoms in total. The zero-order valence-corrected chi connectivity index (χ0v) is 19.9. The topological polar surface area (TPSA) is 101 Å². The van der Waals surface area contributed by atoms with Gasteiger partial charge < -0.3 is 19.8 Å². The lowest BCUT2D eigenvalue weighted by atomic mass is 10.0. The zero-order chi connectivity index (χ0) is 25.5. The number of benzene rings is 2. The van der Waals surface area contributed by atoms with E-state index in [2.05, 4.69) is 10.6 Å². The molecule has 9 heteroatoms. The van der Waals surface area contributed by atoms with Gasteiger partial charge in [-0.25, -0.2) is 4.39 Å². The molecular weight excluding hydrogens is 465 g/mol. The van der Waals surface area contributed by atoms with Crippen molar-refractivity contribution < 1.29 is 27.9 Å². The fourth-order valence-electron chi connectivity index (χ4n) is 4.38. The van der Waals surface area contributed by atoms with Crippen LogP contribution >= 0.6 is 0 Å². The van der Waals surface area contributed by atoms with Gasteiger partial charge in [0.15, 0.2) is 5.76 Å². The molecule has 188 valence electrons. The molecule has 0 unspecified atom stereocenters. The van der Waals surface area contributed by atoms with Crippen LogP contribution in [0.2, 0.25) is 0 Å². The molecule has 36 heavy (non-hydrogen) atoms. The lowest BCUT2D eigenvalue weighted by Gasteiger charge is -2.32. The first-order chi connectivity index (χ1) is 17.5. The molecule has 3 aromatic rings. The van der Waals surface area contributed by atoms with Crippen molar-refractivity contribution in [1.82, 2.24) is 10.6 Å². The number of halogens is 1. The quantitative estimate of drug-likeness (QED) is 0.470. The highest BCUT2D eigenvalue weighted by Gasteiger charge is 2.35. The number of nitrogens with zero attached hydrogens (tertiary/aromatic N) is 1. The first kappa shape index (κ1) is 25.0. The van der Waals surface area contributed by atoms with E-state index in [1.54, 1.807) is 36.4 Å². The Hall–Kier alpha value is -4.14. The van der Waals surface area contributed by atoms with E-state index in [0.717, 1.165) is 25.7 Å². The van der Waals surface area contributed by atoms with Crippen LogP contribution in [0.4, 0.5) is 10.1 Å². The third kappa shape index (κ3) is 5.91. The van der Waals surface area contributed by atoms with Gasteiger partial charge in [-0.05, 0) is 60.9 Å². The number of furan rings is 1. The average Bonchev–Trinajstić information content (AvgIpc) is 3.60. The molecule has 1 heterocycles. The van der Waals surface area contributed by atoms with Crippen LogP contribution in [-0.2, 0) is 9.59 Å². The van der Waals surface area contributed by atoms with Crippen molar-refractivity contribution in [2.45, 2.75) is 37.8 Å². The molecule has 0 saturated heterocycles. The summed E-state index contributed by atoms with van der Waals surface area (Å²) in [5.41, 5.74) is 0.668. The standard InChI is InChI=1S/C27H28FN3O5/c1-35-22-12-4-7-18(15-22)25(27(34)30-20-9-2-3-10-20)31(21-11-5-8-19(28)16-21)24(32)17-29-26(33)23-13-6-14-36-23/h4-8,11-16,20,25H,2-3,9-10,17H2,1H3,(H,29,33)(H,30,34)/t25-/m0/s1. The number of amides is 3. The number of hydrogen-bond donors (Lipinski definition) is 2. The second-order valence-electron chi connectivity index (χ2n) is 8.57. The Kier molecular flexibility index (Phi) is 7.99. The summed E-state index contributed by atoms with van der Waals surface area (Å²) < 4.78 is 24.7. The Morgan fingerprint density at radius 2 is 1.86 bits per heavy atom. The van der Waals surface area contributed by atoms with Gasteiger partial charge in [-0.3, -0.25) is 19.3 Å². The van der Waals surface area contributed by atoms with Crippen molar-refractivity contribution in [3.8, 4) is 5.75 Å². The molecule has 1 atom stereocenters. The summed E-state index contributed by atoms with van der Waals surface area (Å²) >= 11 is 0. The summed E-state index contributed by atoms with van der Waals surface area (Å²) in [6.45, 7) is -0.437. The lowest BCUT2D eigenvalue weighted by Crippen LogP contribution is -2.49. The van der Waals surface area contributed by atoms with Crippen molar-refractivity contribution in [2.75, 3.05) is 18.6 Å². The Morgan fingerprint density at radius 3 is 2.56 bits per heavy atom. The molecule has 0 aliphatic heterocycles. The van der Waals surface area contributed by atoms with Crippen molar-refractivity contribution in [2.24, 2.45) is 0 Å². The van der Waals surface area contributed by atoms with Crippen LogP contribution in [0.25, 0.3) is 0 Å². The molecule has 2 aromatic carbocycles. The van der Waals surface area contributed by atoms with Crippen LogP contribution in [0, 0.1) is 5.82 Å². The largest absolute Gasteiger partial charge is 0.497 e. The number of methoxy groups -OCH3 is 1. The number of anilines is 1. The molecule has 2 N–H and O–H groups in total. The number of ether oxygens (including phenoxy) is 1. The number of carbonyl (C=O) groups excluding carboxylic acids is 3. The van der Waals surface area contributed by atoms with Crippen molar-refractivity contribution in [1.29, 1.82) is 0 Å². The fraction of sp³-hybridized carbons (Fsp3) is 0.296. The maximum Gasteiger partial charge on any atom is 0.287 e. The van der Waals surface area contributed by atoms with Gasteiger partial charge in [0.2, 0.25) is 11.8 Å². The molecule has 4 rings (SSSR count). The van der Waals surface area contributed by atoms with Crippen molar-refractivity contribution in [3.05, 3.63) is 84.1 Å². The third-order valence-electron chi connectivity index (χ3n) is 6.12. The number of rotatable bonds is 9. The van der Waals surface area contributed by atoms with Crippen LogP contribution in [0.1, 0.15) is 47.8 Å². The highest BCUT2D eigenvalue weighted by molar-refractivity contribution is 6.04. The summed E-state index contributed by atoms with van der Waals surface area (Å²) in [5, 5.41) is 5.57. The molecule has 1 aliphatic carbocycles. The third-order valence-corrected chi connectivity index (χ3v) is 6.12. The summed E-state index contributed by atoms with van der Waals surface area (Å²) in [7, 11) is 1.51. The van der Waals surface area contributed by atoms with Gasteiger partial charge in [0.1, 0.15) is 17.6 Å². The summed E-state index contributed by atoms with van der Waals surface area (Å²) in [4.78, 5) is 40.9. The van der Waals surface area contributed by atoms with Gasteiger partial charge in [0.05, 0.1) is 19.9 Å². The highest BCUT2D eigenvalue weighted by Crippen LogP contribution is 2.31. The molecule has 1 saturated carbocycles. The van der Waals surface area contributed by atoms with Crippen molar-refractivity contribution >= 4 is 23.4 Å². The van der Waals surface area contributed by atoms with Crippen LogP contribution in [0.15, 0.2) is 71.3 Å². The van der Waals surface area contributed by atoms with Crippen LogP contribution in [-0.4, -0.2) is 37.4 Å². The minimum Gasteiger partial charge on any atom is -0.497 e. The molecule has 1 aromatic heterocycles. The highest BCUT2D eigenvalue weighted by atomic mass is 19.1. The predicted molar refractivity (Wildman–Crippen MR) is 131 cm³/mol. The van der Waals surface area contributed by atoms with Crippen LogP contribution in [0.5, 0.6) is 5.75 Å². The average molecular weight is 494 g/mol. The zero-order valence-electron chi connectivity index (χ0n) is 19.9. The monoisotopic (exact) mass is 493 g/mol. The fourth-order valence-corrected chi connectivity index (χ4v) is 4.38. The second-order valence-corrected chi connectivity index (χ2v) is 8.57. The van der Waals surface area contributed by atoms with Crippen LogP contribution in [0.3, 0.4) is 0 Å². The van der Waals surface area contributed by atoms with E-state index in [0.29, 0.717) is 11.3 Å². The van der Waals surface area contributed by atoms with Gasteiger partial charge in [-0.1, -0.05) is 31.0 Å². The van der Waals surface area contributed by atoms with E-state index >= 15 is 0 Å². The van der Waals surface area contributed by atoms with E-state index < -0.39 is 36.1 Å². The Morgan fingerprint density at radius 1 is 1.08 bits per heavy atom. The molecule has 1 aliphatic rings. The number of hydrogen-bond acceptors (Lipinski definition) is 5. The summed E-state index contributed by atoms with van der Waals surface area (Å²) in [5.74, 6) is -1.60. The van der Waals surface area contributed by atoms with Gasteiger partial charge in [0, 0.05) is 11.7 Å². The summed E-state index contributed by atoms with van der Waals surface area (Å²) in [6, 6.07) is 14.2. The van der Waals surface area contributed by atoms with Crippen LogP contribution < -0.4 is 20.3 Å². The minimum absolute atomic E-state index is 0.00581. The van der Waals surface area contributed by atoms with Gasteiger partial charge in [0.25, 0.3) is 5.91 Å². The molecule has 0 spiro atoms. The van der Waals surface area contributed by atoms with E-state index in [-0.39, 0.29) is 17.5 Å². The molecule has 1 fully saturated rings. The van der Waals surface area contributed by atoms with Gasteiger partial charge in [-0.15, -0.1) is 0 Å². The minimum atomic E-state index is -1.13. The molecular formula is C27H28FN3O5. The van der Waals surface area contributed by atoms with E-state index in [9.17, 15) is 18.8 Å². The normalized spacial score (nSPS) is 14.2. The maximum atomic E-state index is 14.3. The summed E-state index contributed by atoms with van der Waals surface area (Å²) in [6.07, 6.45) is 5.08. The molecule has 0 bridgehead atoms. The first-order valence-electron chi connectivity index (χ1n) is 11.8. The first-order valence-corrected chi connectivity index (χ1v) is 11.8. The predicted octanol–water partition coefficient (Wildman–Crippen LogP) is 3.99. The van der Waals surface area contributed by atoms with Gasteiger partial charge in [-0.2, -0.15) is 0 Å². The van der Waals surface area contributed by atoms with Crippen molar-refractivity contribution in [3.63, 3.8) is 0 Å². The van der Waals surface area contributed by atoms with Gasteiger partial charge >= 0.3 is 0 Å².